The Balaban J connectivity index is 0.00000385. The Morgan fingerprint density at radius 2 is 2.09 bits per heavy atom. The smallest absolute Gasteiger partial charge is 0.258 e. The molecule has 0 aliphatic heterocycles. The van der Waals surface area contributed by atoms with E-state index < -0.39 is 0 Å². The van der Waals surface area contributed by atoms with Crippen LogP contribution in [-0.4, -0.2) is 46.9 Å². The molecular weight excluding hydrogens is 531 g/mol. The first kappa shape index (κ1) is 26.9. The summed E-state index contributed by atoms with van der Waals surface area (Å²) in [5.74, 6) is 1.38. The standard InChI is InChI=1S/C24H36N6O2.HI/c1-6-25-24(27-16(2)12-22-17(3)29-30(5)18(22)4)26-14-19-8-7-9-21(13-19)32-15-23(31)28-20-10-11-20;/h7-9,13,16,20H,6,10-12,14-15H2,1-5H3,(H,28,31)(H2,25,26,27);1H. The van der Waals surface area contributed by atoms with E-state index in [9.17, 15) is 4.79 Å². The zero-order chi connectivity index (χ0) is 23.1. The van der Waals surface area contributed by atoms with Crippen LogP contribution < -0.4 is 20.7 Å². The van der Waals surface area contributed by atoms with Crippen LogP contribution in [0.25, 0.3) is 0 Å². The van der Waals surface area contributed by atoms with Crippen LogP contribution in [0.3, 0.4) is 0 Å². The van der Waals surface area contributed by atoms with Gasteiger partial charge in [0.15, 0.2) is 12.6 Å². The van der Waals surface area contributed by atoms with Crippen molar-refractivity contribution in [1.82, 2.24) is 25.7 Å². The Kier molecular flexibility index (Phi) is 10.5. The van der Waals surface area contributed by atoms with E-state index in [1.54, 1.807) is 0 Å². The molecule has 9 heteroatoms. The molecule has 2 aromatic rings. The van der Waals surface area contributed by atoms with Gasteiger partial charge in [-0.25, -0.2) is 4.99 Å². The molecule has 1 fully saturated rings. The van der Waals surface area contributed by atoms with E-state index in [4.69, 9.17) is 9.73 Å². The second-order valence-corrected chi connectivity index (χ2v) is 8.50. The van der Waals surface area contributed by atoms with Crippen LogP contribution in [0.1, 0.15) is 49.2 Å². The predicted molar refractivity (Wildman–Crippen MR) is 142 cm³/mol. The summed E-state index contributed by atoms with van der Waals surface area (Å²) in [4.78, 5) is 16.6. The number of aliphatic imine (C=N–C) groups is 1. The molecule has 1 aliphatic carbocycles. The van der Waals surface area contributed by atoms with E-state index in [1.807, 2.05) is 36.0 Å². The van der Waals surface area contributed by atoms with Gasteiger partial charge < -0.3 is 20.7 Å². The first-order chi connectivity index (χ1) is 15.4. The normalized spacial score (nSPS) is 14.3. The number of aryl methyl sites for hydroxylation is 2. The maximum Gasteiger partial charge on any atom is 0.258 e. The maximum atomic E-state index is 11.8. The largest absolute Gasteiger partial charge is 0.484 e. The summed E-state index contributed by atoms with van der Waals surface area (Å²) in [6.07, 6.45) is 3.02. The Bertz CT molecular complexity index is 954. The number of amides is 1. The van der Waals surface area contributed by atoms with Crippen LogP contribution in [-0.2, 0) is 24.8 Å². The van der Waals surface area contributed by atoms with Crippen LogP contribution in [0.2, 0.25) is 0 Å². The summed E-state index contributed by atoms with van der Waals surface area (Å²) in [7, 11) is 1.98. The lowest BCUT2D eigenvalue weighted by molar-refractivity contribution is -0.123. The van der Waals surface area contributed by atoms with Gasteiger partial charge in [0.05, 0.1) is 12.2 Å². The number of benzene rings is 1. The fourth-order valence-corrected chi connectivity index (χ4v) is 3.57. The van der Waals surface area contributed by atoms with E-state index in [0.717, 1.165) is 43.0 Å². The Labute approximate surface area is 214 Å². The third kappa shape index (κ3) is 8.53. The molecule has 1 saturated carbocycles. The van der Waals surface area contributed by atoms with Crippen LogP contribution >= 0.6 is 24.0 Å². The summed E-state index contributed by atoms with van der Waals surface area (Å²) in [5, 5.41) is 14.3. The van der Waals surface area contributed by atoms with Gasteiger partial charge in [-0.2, -0.15) is 5.10 Å². The van der Waals surface area contributed by atoms with Gasteiger partial charge >= 0.3 is 0 Å². The van der Waals surface area contributed by atoms with Gasteiger partial charge in [0.25, 0.3) is 5.91 Å². The number of carbonyl (C=O) groups excluding carboxylic acids is 1. The van der Waals surface area contributed by atoms with Crippen LogP contribution in [0.4, 0.5) is 0 Å². The molecule has 33 heavy (non-hydrogen) atoms. The number of hydrogen-bond acceptors (Lipinski definition) is 4. The summed E-state index contributed by atoms with van der Waals surface area (Å²) < 4.78 is 7.58. The minimum atomic E-state index is -0.0670. The van der Waals surface area contributed by atoms with Gasteiger partial charge in [-0.05, 0) is 70.2 Å². The van der Waals surface area contributed by atoms with Crippen LogP contribution in [0.15, 0.2) is 29.3 Å². The molecule has 1 aliphatic rings. The second kappa shape index (κ2) is 12.8. The fraction of sp³-hybridized carbons (Fsp3) is 0.542. The molecule has 182 valence electrons. The fourth-order valence-electron chi connectivity index (χ4n) is 3.57. The van der Waals surface area contributed by atoms with Crippen LogP contribution in [0.5, 0.6) is 5.75 Å². The van der Waals surface area contributed by atoms with E-state index in [2.05, 4.69) is 48.7 Å². The SMILES string of the molecule is CCNC(=NCc1cccc(OCC(=O)NC2CC2)c1)NC(C)Cc1c(C)nn(C)c1C.I. The average molecular weight is 569 g/mol. The minimum absolute atomic E-state index is 0. The van der Waals surface area contributed by atoms with Gasteiger partial charge in [0, 0.05) is 31.4 Å². The highest BCUT2D eigenvalue weighted by molar-refractivity contribution is 14.0. The van der Waals surface area contributed by atoms with Crippen molar-refractivity contribution in [2.24, 2.45) is 12.0 Å². The second-order valence-electron chi connectivity index (χ2n) is 8.50. The number of aromatic nitrogens is 2. The van der Waals surface area contributed by atoms with Gasteiger partial charge in [0.2, 0.25) is 0 Å². The zero-order valence-corrected chi connectivity index (χ0v) is 22.6. The zero-order valence-electron chi connectivity index (χ0n) is 20.3. The molecule has 3 rings (SSSR count). The summed E-state index contributed by atoms with van der Waals surface area (Å²) in [5.41, 5.74) is 4.57. The van der Waals surface area contributed by atoms with E-state index >= 15 is 0 Å². The van der Waals surface area contributed by atoms with Crippen molar-refractivity contribution in [1.29, 1.82) is 0 Å². The molecule has 1 aromatic heterocycles. The topological polar surface area (TPSA) is 92.6 Å². The monoisotopic (exact) mass is 568 g/mol. The molecule has 8 nitrogen and oxygen atoms in total. The highest BCUT2D eigenvalue weighted by Crippen LogP contribution is 2.19. The highest BCUT2D eigenvalue weighted by Gasteiger charge is 2.23. The van der Waals surface area contributed by atoms with E-state index in [1.165, 1.54) is 11.3 Å². The lowest BCUT2D eigenvalue weighted by Gasteiger charge is -2.18. The number of hydrogen-bond donors (Lipinski definition) is 3. The molecule has 0 spiro atoms. The number of nitrogens with one attached hydrogen (secondary N) is 3. The van der Waals surface area contributed by atoms with E-state index in [-0.39, 0.29) is 42.5 Å². The maximum absolute atomic E-state index is 11.8. The molecule has 1 atom stereocenters. The van der Waals surface area contributed by atoms with Crippen molar-refractivity contribution in [3.63, 3.8) is 0 Å². The number of guanidine groups is 1. The number of carbonyl (C=O) groups is 1. The quantitative estimate of drug-likeness (QED) is 0.233. The Morgan fingerprint density at radius 3 is 2.73 bits per heavy atom. The molecule has 0 bridgehead atoms. The molecule has 3 N–H and O–H groups in total. The first-order valence-corrected chi connectivity index (χ1v) is 11.4. The average Bonchev–Trinajstić information content (AvgIpc) is 3.54. The third-order valence-corrected chi connectivity index (χ3v) is 5.53. The lowest BCUT2D eigenvalue weighted by Crippen LogP contribution is -2.43. The molecular formula is C24H37IN6O2. The molecule has 1 aromatic carbocycles. The summed E-state index contributed by atoms with van der Waals surface area (Å²) >= 11 is 0. The molecule has 1 unspecified atom stereocenters. The minimum Gasteiger partial charge on any atom is -0.484 e. The van der Waals surface area contributed by atoms with Gasteiger partial charge in [-0.1, -0.05) is 12.1 Å². The summed E-state index contributed by atoms with van der Waals surface area (Å²) in [6.45, 7) is 9.70. The molecule has 1 heterocycles. The number of halogens is 1. The Morgan fingerprint density at radius 1 is 1.33 bits per heavy atom. The van der Waals surface area contributed by atoms with Crippen molar-refractivity contribution < 1.29 is 9.53 Å². The van der Waals surface area contributed by atoms with Gasteiger partial charge in [0.1, 0.15) is 5.75 Å². The predicted octanol–water partition coefficient (Wildman–Crippen LogP) is 3.00. The van der Waals surface area contributed by atoms with E-state index in [0.29, 0.717) is 18.3 Å². The third-order valence-electron chi connectivity index (χ3n) is 5.53. The van der Waals surface area contributed by atoms with Crippen molar-refractivity contribution in [2.45, 2.75) is 65.6 Å². The molecule has 0 radical (unpaired) electrons. The highest BCUT2D eigenvalue weighted by atomic mass is 127. The number of ether oxygens (including phenoxy) is 1. The van der Waals surface area contributed by atoms with Crippen molar-refractivity contribution in [3.05, 3.63) is 46.8 Å². The van der Waals surface area contributed by atoms with Crippen molar-refractivity contribution in [3.8, 4) is 5.75 Å². The van der Waals surface area contributed by atoms with Gasteiger partial charge in [-0.3, -0.25) is 9.48 Å². The van der Waals surface area contributed by atoms with Crippen molar-refractivity contribution in [2.75, 3.05) is 13.2 Å². The van der Waals surface area contributed by atoms with Crippen LogP contribution in [0, 0.1) is 13.8 Å². The lowest BCUT2D eigenvalue weighted by atomic mass is 10.1. The van der Waals surface area contributed by atoms with Crippen molar-refractivity contribution >= 4 is 35.8 Å². The summed E-state index contributed by atoms with van der Waals surface area (Å²) in [6, 6.07) is 8.28. The number of rotatable bonds is 10. The molecule has 1 amide bonds. The first-order valence-electron chi connectivity index (χ1n) is 11.4. The Hall–Kier alpha value is -2.30. The van der Waals surface area contributed by atoms with Gasteiger partial charge in [-0.15, -0.1) is 24.0 Å². The number of nitrogens with zero attached hydrogens (tertiary/aromatic N) is 3. The molecule has 0 saturated heterocycles.